The summed E-state index contributed by atoms with van der Waals surface area (Å²) in [6.45, 7) is -0.416. The van der Waals surface area contributed by atoms with E-state index in [0.29, 0.717) is 0 Å². The molecule has 2 N–H and O–H groups in total. The van der Waals surface area contributed by atoms with E-state index in [0.717, 1.165) is 16.7 Å². The molecule has 0 aliphatic rings. The average Bonchev–Trinajstić information content (AvgIpc) is 3.02. The fraction of sp³-hybridized carbons (Fsp3) is 0.267. The van der Waals surface area contributed by atoms with Crippen LogP contribution in [0.15, 0.2) is 29.6 Å². The Bertz CT molecular complexity index is 761. The van der Waals surface area contributed by atoms with Crippen molar-refractivity contribution in [2.45, 2.75) is 12.6 Å². The number of thiazole rings is 1. The van der Waals surface area contributed by atoms with Crippen LogP contribution in [0.4, 0.5) is 13.2 Å². The molecule has 0 unspecified atom stereocenters. The highest BCUT2D eigenvalue weighted by atomic mass is 32.1. The summed E-state index contributed by atoms with van der Waals surface area (Å²) in [6.07, 6.45) is -4.31. The first kappa shape index (κ1) is 18.7. The Morgan fingerprint density at radius 3 is 2.72 bits per heavy atom. The van der Waals surface area contributed by atoms with Gasteiger partial charge >= 0.3 is 12.1 Å². The van der Waals surface area contributed by atoms with Gasteiger partial charge in [0.25, 0.3) is 5.91 Å². The van der Waals surface area contributed by atoms with Crippen LogP contribution in [0.25, 0.3) is 0 Å². The van der Waals surface area contributed by atoms with Crippen LogP contribution >= 0.6 is 11.3 Å². The molecular weight excluding hydrogens is 361 g/mol. The van der Waals surface area contributed by atoms with Gasteiger partial charge in [-0.15, -0.1) is 11.3 Å². The molecule has 1 aromatic heterocycles. The molecule has 0 saturated carbocycles. The van der Waals surface area contributed by atoms with Crippen LogP contribution in [-0.4, -0.2) is 35.1 Å². The third-order valence-corrected chi connectivity index (χ3v) is 3.83. The van der Waals surface area contributed by atoms with Crippen LogP contribution in [0.3, 0.4) is 0 Å². The fourth-order valence-electron chi connectivity index (χ4n) is 1.81. The van der Waals surface area contributed by atoms with Crippen molar-refractivity contribution in [3.63, 3.8) is 0 Å². The number of carboxylic acids is 1. The summed E-state index contributed by atoms with van der Waals surface area (Å²) in [6, 6.07) is 5.92. The zero-order valence-corrected chi connectivity index (χ0v) is 13.5. The second-order valence-corrected chi connectivity index (χ2v) is 5.78. The van der Waals surface area contributed by atoms with Crippen LogP contribution in [0.5, 0.6) is 5.75 Å². The number of rotatable bonds is 7. The maximum atomic E-state index is 12.4. The number of benzene rings is 1. The van der Waals surface area contributed by atoms with E-state index in [9.17, 15) is 22.8 Å². The summed E-state index contributed by atoms with van der Waals surface area (Å²) < 4.78 is 42.3. The maximum Gasteiger partial charge on any atom is 0.434 e. The Balaban J connectivity index is 1.87. The molecule has 25 heavy (non-hydrogen) atoms. The largest absolute Gasteiger partial charge is 0.482 e. The zero-order chi connectivity index (χ0) is 18.4. The summed E-state index contributed by atoms with van der Waals surface area (Å²) in [5.74, 6) is -1.37. The molecule has 0 aliphatic heterocycles. The molecule has 0 spiro atoms. The Kier molecular flexibility index (Phi) is 5.97. The van der Waals surface area contributed by atoms with Crippen molar-refractivity contribution in [1.29, 1.82) is 0 Å². The molecule has 1 heterocycles. The first-order chi connectivity index (χ1) is 11.8. The Morgan fingerprint density at radius 2 is 2.08 bits per heavy atom. The van der Waals surface area contributed by atoms with Gasteiger partial charge in [-0.2, -0.15) is 13.2 Å². The van der Waals surface area contributed by atoms with Crippen LogP contribution < -0.4 is 10.1 Å². The monoisotopic (exact) mass is 374 g/mol. The molecule has 6 nitrogen and oxygen atoms in total. The molecule has 0 bridgehead atoms. The van der Waals surface area contributed by atoms with Crippen LogP contribution in [-0.2, 0) is 17.4 Å². The average molecular weight is 374 g/mol. The van der Waals surface area contributed by atoms with Crippen molar-refractivity contribution in [2.24, 2.45) is 0 Å². The number of carbonyl (C=O) groups excluding carboxylic acids is 1. The van der Waals surface area contributed by atoms with Crippen molar-refractivity contribution < 1.29 is 32.6 Å². The van der Waals surface area contributed by atoms with Gasteiger partial charge < -0.3 is 15.2 Å². The third-order valence-electron chi connectivity index (χ3n) is 2.93. The smallest absolute Gasteiger partial charge is 0.434 e. The quantitative estimate of drug-likeness (QED) is 0.778. The van der Waals surface area contributed by atoms with Gasteiger partial charge in [0.2, 0.25) is 0 Å². The van der Waals surface area contributed by atoms with Crippen molar-refractivity contribution in [3.8, 4) is 5.75 Å². The number of alkyl halides is 3. The summed E-state index contributed by atoms with van der Waals surface area (Å²) >= 11 is 0.878. The van der Waals surface area contributed by atoms with Gasteiger partial charge in [-0.05, 0) is 18.2 Å². The lowest BCUT2D eigenvalue weighted by atomic mass is 10.2. The minimum absolute atomic E-state index is 0.115. The summed E-state index contributed by atoms with van der Waals surface area (Å²) in [4.78, 5) is 25.9. The van der Waals surface area contributed by atoms with Crippen LogP contribution in [0.1, 0.15) is 21.1 Å². The van der Waals surface area contributed by atoms with Crippen LogP contribution in [0, 0.1) is 0 Å². The topological polar surface area (TPSA) is 88.5 Å². The maximum absolute atomic E-state index is 12.4. The molecule has 1 amide bonds. The molecule has 2 aromatic rings. The van der Waals surface area contributed by atoms with E-state index in [-0.39, 0.29) is 29.3 Å². The van der Waals surface area contributed by atoms with E-state index in [1.807, 2.05) is 0 Å². The van der Waals surface area contributed by atoms with E-state index in [2.05, 4.69) is 10.3 Å². The van der Waals surface area contributed by atoms with Crippen molar-refractivity contribution in [1.82, 2.24) is 10.3 Å². The molecule has 134 valence electrons. The molecule has 2 rings (SSSR count). The molecule has 0 aliphatic carbocycles. The Morgan fingerprint density at radius 1 is 1.32 bits per heavy atom. The van der Waals surface area contributed by atoms with Crippen LogP contribution in [0.2, 0.25) is 0 Å². The van der Waals surface area contributed by atoms with Gasteiger partial charge in [-0.3, -0.25) is 4.79 Å². The van der Waals surface area contributed by atoms with Crippen molar-refractivity contribution in [3.05, 3.63) is 45.9 Å². The van der Waals surface area contributed by atoms with Crippen molar-refractivity contribution in [2.75, 3.05) is 13.2 Å². The highest BCUT2D eigenvalue weighted by Gasteiger charge is 2.33. The van der Waals surface area contributed by atoms with E-state index >= 15 is 0 Å². The molecule has 0 fully saturated rings. The SMILES string of the molecule is O=C(O)COc1cccc(C(=O)NCCc2nc(C(F)(F)F)cs2)c1. The molecule has 1 aromatic carbocycles. The Labute approximate surface area is 144 Å². The fourth-order valence-corrected chi connectivity index (χ4v) is 2.62. The summed E-state index contributed by atoms with van der Waals surface area (Å²) in [5.41, 5.74) is -0.694. The zero-order valence-electron chi connectivity index (χ0n) is 12.7. The number of carbonyl (C=O) groups is 2. The number of carboxylic acid groups (broad SMARTS) is 1. The lowest BCUT2D eigenvalue weighted by Crippen LogP contribution is -2.25. The first-order valence-corrected chi connectivity index (χ1v) is 7.88. The number of aromatic nitrogens is 1. The van der Waals surface area contributed by atoms with Gasteiger partial charge in [0.1, 0.15) is 5.75 Å². The third kappa shape index (κ3) is 5.75. The van der Waals surface area contributed by atoms with Gasteiger partial charge in [0.05, 0.1) is 5.01 Å². The normalized spacial score (nSPS) is 11.2. The summed E-state index contributed by atoms with van der Waals surface area (Å²) in [5, 5.41) is 12.3. The molecule has 0 atom stereocenters. The predicted molar refractivity (Wildman–Crippen MR) is 82.7 cm³/mol. The second kappa shape index (κ2) is 7.97. The predicted octanol–water partition coefficient (Wildman–Crippen LogP) is 2.60. The summed E-state index contributed by atoms with van der Waals surface area (Å²) in [7, 11) is 0. The molecule has 0 radical (unpaired) electrons. The number of hydrogen-bond acceptors (Lipinski definition) is 5. The Hall–Kier alpha value is -2.62. The number of halogens is 3. The van der Waals surface area contributed by atoms with Gasteiger partial charge in [-0.1, -0.05) is 6.07 Å². The van der Waals surface area contributed by atoms with Crippen molar-refractivity contribution >= 4 is 23.2 Å². The number of ether oxygens (including phenoxy) is 1. The number of nitrogens with one attached hydrogen (secondary N) is 1. The van der Waals surface area contributed by atoms with Gasteiger partial charge in [-0.25, -0.2) is 9.78 Å². The lowest BCUT2D eigenvalue weighted by molar-refractivity contribution is -0.141. The number of hydrogen-bond donors (Lipinski definition) is 2. The lowest BCUT2D eigenvalue weighted by Gasteiger charge is -2.07. The van der Waals surface area contributed by atoms with E-state index in [1.165, 1.54) is 24.3 Å². The highest BCUT2D eigenvalue weighted by Crippen LogP contribution is 2.30. The number of aliphatic carboxylic acids is 1. The second-order valence-electron chi connectivity index (χ2n) is 4.84. The minimum atomic E-state index is -4.48. The van der Waals surface area contributed by atoms with Gasteiger partial charge in [0, 0.05) is 23.9 Å². The molecular formula is C15H13F3N2O4S. The molecule has 0 saturated heterocycles. The van der Waals surface area contributed by atoms with E-state index in [4.69, 9.17) is 9.84 Å². The number of nitrogens with zero attached hydrogens (tertiary/aromatic N) is 1. The first-order valence-electron chi connectivity index (χ1n) is 7.00. The van der Waals surface area contributed by atoms with Gasteiger partial charge in [0.15, 0.2) is 12.3 Å². The minimum Gasteiger partial charge on any atom is -0.482 e. The highest BCUT2D eigenvalue weighted by molar-refractivity contribution is 7.09. The standard InChI is InChI=1S/C15H13F3N2O4S/c16-15(17,18)11-8-25-12(20-11)4-5-19-14(23)9-2-1-3-10(6-9)24-7-13(21)22/h1-3,6,8H,4-5,7H2,(H,19,23)(H,21,22). The van der Waals surface area contributed by atoms with E-state index < -0.39 is 30.4 Å². The molecule has 10 heteroatoms. The van der Waals surface area contributed by atoms with E-state index in [1.54, 1.807) is 0 Å². The number of amides is 1.